The Hall–Kier alpha value is -4.33. The molecule has 3 rings (SSSR count). The summed E-state index contributed by atoms with van der Waals surface area (Å²) < 4.78 is 16.1. The molecule has 0 aromatic heterocycles. The first kappa shape index (κ1) is 26.3. The molecule has 0 aliphatic carbocycles. The first-order chi connectivity index (χ1) is 17.5. The van der Waals surface area contributed by atoms with Crippen LogP contribution in [0.1, 0.15) is 31.7 Å². The molecule has 8 heteroatoms. The zero-order valence-corrected chi connectivity index (χ0v) is 20.4. The van der Waals surface area contributed by atoms with Crippen LogP contribution < -0.4 is 20.1 Å². The lowest BCUT2D eigenvalue weighted by Gasteiger charge is -2.11. The average Bonchev–Trinajstić information content (AvgIpc) is 2.89. The predicted octanol–water partition coefficient (Wildman–Crippen LogP) is 5.34. The number of para-hydroxylation sites is 3. The second-order valence-corrected chi connectivity index (χ2v) is 7.90. The summed E-state index contributed by atoms with van der Waals surface area (Å²) in [6.45, 7) is 1.63. The molecular weight excluding hydrogens is 460 g/mol. The molecule has 36 heavy (non-hydrogen) atoms. The van der Waals surface area contributed by atoms with E-state index in [4.69, 9.17) is 14.2 Å². The molecule has 0 saturated carbocycles. The summed E-state index contributed by atoms with van der Waals surface area (Å²) in [5, 5.41) is 5.53. The van der Waals surface area contributed by atoms with Gasteiger partial charge in [-0.05, 0) is 60.9 Å². The molecule has 0 saturated heterocycles. The van der Waals surface area contributed by atoms with Gasteiger partial charge in [0.2, 0.25) is 5.91 Å². The van der Waals surface area contributed by atoms with Gasteiger partial charge in [-0.2, -0.15) is 0 Å². The summed E-state index contributed by atoms with van der Waals surface area (Å²) in [6, 6.07) is 21.7. The van der Waals surface area contributed by atoms with E-state index >= 15 is 0 Å². The van der Waals surface area contributed by atoms with E-state index in [0.29, 0.717) is 35.0 Å². The van der Waals surface area contributed by atoms with Crippen LogP contribution in [0.5, 0.6) is 17.2 Å². The molecule has 0 unspecified atom stereocenters. The van der Waals surface area contributed by atoms with Crippen molar-refractivity contribution in [2.75, 3.05) is 24.4 Å². The van der Waals surface area contributed by atoms with Crippen molar-refractivity contribution in [2.24, 2.45) is 0 Å². The zero-order valence-electron chi connectivity index (χ0n) is 20.4. The third-order valence-electron chi connectivity index (χ3n) is 5.26. The number of benzene rings is 3. The number of methoxy groups -OCH3 is 1. The van der Waals surface area contributed by atoms with Crippen LogP contribution in [0, 0.1) is 0 Å². The van der Waals surface area contributed by atoms with Gasteiger partial charge in [0, 0.05) is 24.2 Å². The van der Waals surface area contributed by atoms with E-state index in [0.717, 1.165) is 12.0 Å². The fraction of sp³-hybridized carbons (Fsp3) is 0.250. The zero-order chi connectivity index (χ0) is 25.8. The minimum absolute atomic E-state index is 0.0396. The maximum Gasteiger partial charge on any atom is 0.306 e. The number of hydrogen-bond donors (Lipinski definition) is 2. The summed E-state index contributed by atoms with van der Waals surface area (Å²) in [5.41, 5.74) is 2.32. The minimum Gasteiger partial charge on any atom is -0.493 e. The van der Waals surface area contributed by atoms with Crippen molar-refractivity contribution in [3.63, 3.8) is 0 Å². The van der Waals surface area contributed by atoms with Gasteiger partial charge in [-0.1, -0.05) is 37.3 Å². The Morgan fingerprint density at radius 3 is 2.19 bits per heavy atom. The molecule has 0 spiro atoms. The van der Waals surface area contributed by atoms with Crippen LogP contribution in [0.4, 0.5) is 11.4 Å². The Bertz CT molecular complexity index is 1180. The van der Waals surface area contributed by atoms with Crippen LogP contribution in [0.2, 0.25) is 0 Å². The van der Waals surface area contributed by atoms with Crippen molar-refractivity contribution in [1.82, 2.24) is 0 Å². The number of carbonyl (C=O) groups excluding carboxylic acids is 3. The summed E-state index contributed by atoms with van der Waals surface area (Å²) in [7, 11) is 1.57. The van der Waals surface area contributed by atoms with Gasteiger partial charge in [-0.3, -0.25) is 14.4 Å². The number of hydrogen-bond acceptors (Lipinski definition) is 6. The van der Waals surface area contributed by atoms with Gasteiger partial charge < -0.3 is 24.8 Å². The maximum atomic E-state index is 12.2. The summed E-state index contributed by atoms with van der Waals surface area (Å²) >= 11 is 0. The predicted molar refractivity (Wildman–Crippen MR) is 137 cm³/mol. The van der Waals surface area contributed by atoms with Crippen molar-refractivity contribution < 1.29 is 28.6 Å². The molecule has 0 aliphatic heterocycles. The van der Waals surface area contributed by atoms with Gasteiger partial charge in [0.05, 0.1) is 7.11 Å². The molecule has 3 aromatic rings. The highest BCUT2D eigenvalue weighted by atomic mass is 16.5. The van der Waals surface area contributed by atoms with Gasteiger partial charge in [-0.25, -0.2) is 0 Å². The highest BCUT2D eigenvalue weighted by Crippen LogP contribution is 2.31. The molecule has 8 nitrogen and oxygen atoms in total. The van der Waals surface area contributed by atoms with Crippen LogP contribution in [0.15, 0.2) is 72.8 Å². The number of anilines is 2. The summed E-state index contributed by atoms with van der Waals surface area (Å²) in [4.78, 5) is 36.2. The van der Waals surface area contributed by atoms with E-state index in [-0.39, 0.29) is 25.4 Å². The van der Waals surface area contributed by atoms with E-state index in [1.54, 1.807) is 49.6 Å². The molecule has 2 N–H and O–H groups in total. The minimum atomic E-state index is -0.528. The number of esters is 1. The van der Waals surface area contributed by atoms with Gasteiger partial charge in [-0.15, -0.1) is 0 Å². The van der Waals surface area contributed by atoms with Crippen LogP contribution in [0.3, 0.4) is 0 Å². The van der Waals surface area contributed by atoms with Gasteiger partial charge in [0.15, 0.2) is 18.1 Å². The van der Waals surface area contributed by atoms with Crippen molar-refractivity contribution >= 4 is 29.2 Å². The standard InChI is InChI=1S/C28H30N2O6/c1-3-20-9-4-5-10-23(20)30-27(32)19-35-28(33)14-8-13-26(31)29-21-15-17-22(18-16-21)36-25-12-7-6-11-24(25)34-2/h4-7,9-12,15-18H,3,8,13-14,19H2,1-2H3,(H,29,31)(H,30,32). The van der Waals surface area contributed by atoms with Crippen LogP contribution in [0.25, 0.3) is 0 Å². The van der Waals surface area contributed by atoms with E-state index in [1.165, 1.54) is 0 Å². The number of amides is 2. The van der Waals surface area contributed by atoms with Crippen molar-refractivity contribution in [1.29, 1.82) is 0 Å². The van der Waals surface area contributed by atoms with Gasteiger partial charge in [0.1, 0.15) is 5.75 Å². The second-order valence-electron chi connectivity index (χ2n) is 7.90. The Morgan fingerprint density at radius 1 is 0.778 bits per heavy atom. The maximum absolute atomic E-state index is 12.2. The number of ether oxygens (including phenoxy) is 3. The molecule has 0 fully saturated rings. The molecule has 3 aromatic carbocycles. The monoisotopic (exact) mass is 490 g/mol. The molecule has 0 bridgehead atoms. The summed E-state index contributed by atoms with van der Waals surface area (Å²) in [6.07, 6.45) is 1.27. The summed E-state index contributed by atoms with van der Waals surface area (Å²) in [5.74, 6) is 0.653. The molecule has 0 heterocycles. The lowest BCUT2D eigenvalue weighted by atomic mass is 10.1. The topological polar surface area (TPSA) is 103 Å². The van der Waals surface area contributed by atoms with E-state index < -0.39 is 11.9 Å². The first-order valence-electron chi connectivity index (χ1n) is 11.7. The van der Waals surface area contributed by atoms with Crippen LogP contribution in [-0.2, 0) is 25.5 Å². The number of carbonyl (C=O) groups is 3. The molecule has 0 atom stereocenters. The number of aryl methyl sites for hydroxylation is 1. The van der Waals surface area contributed by atoms with Crippen molar-refractivity contribution in [3.8, 4) is 17.2 Å². The van der Waals surface area contributed by atoms with Crippen LogP contribution >= 0.6 is 0 Å². The Labute approximate surface area is 210 Å². The number of rotatable bonds is 12. The lowest BCUT2D eigenvalue weighted by Crippen LogP contribution is -2.21. The van der Waals surface area contributed by atoms with E-state index in [2.05, 4.69) is 10.6 Å². The fourth-order valence-electron chi connectivity index (χ4n) is 3.41. The Morgan fingerprint density at radius 2 is 1.47 bits per heavy atom. The number of nitrogens with one attached hydrogen (secondary N) is 2. The van der Waals surface area contributed by atoms with E-state index in [9.17, 15) is 14.4 Å². The third-order valence-corrected chi connectivity index (χ3v) is 5.26. The molecular formula is C28H30N2O6. The molecule has 188 valence electrons. The van der Waals surface area contributed by atoms with Crippen molar-refractivity contribution in [2.45, 2.75) is 32.6 Å². The smallest absolute Gasteiger partial charge is 0.306 e. The normalized spacial score (nSPS) is 10.3. The largest absolute Gasteiger partial charge is 0.493 e. The Balaban J connectivity index is 1.35. The fourth-order valence-corrected chi connectivity index (χ4v) is 3.41. The lowest BCUT2D eigenvalue weighted by molar-refractivity contribution is -0.147. The first-order valence-corrected chi connectivity index (χ1v) is 11.7. The van der Waals surface area contributed by atoms with E-state index in [1.807, 2.05) is 37.3 Å². The Kier molecular flexibility index (Phi) is 9.88. The van der Waals surface area contributed by atoms with Crippen LogP contribution in [-0.4, -0.2) is 31.5 Å². The third kappa shape index (κ3) is 8.16. The molecule has 0 radical (unpaired) electrons. The quantitative estimate of drug-likeness (QED) is 0.332. The highest BCUT2D eigenvalue weighted by molar-refractivity contribution is 5.93. The molecule has 2 amide bonds. The highest BCUT2D eigenvalue weighted by Gasteiger charge is 2.11. The average molecular weight is 491 g/mol. The van der Waals surface area contributed by atoms with Crippen molar-refractivity contribution in [3.05, 3.63) is 78.4 Å². The molecule has 0 aliphatic rings. The van der Waals surface area contributed by atoms with Gasteiger partial charge >= 0.3 is 5.97 Å². The second kappa shape index (κ2) is 13.5. The SMILES string of the molecule is CCc1ccccc1NC(=O)COC(=O)CCCC(=O)Nc1ccc(Oc2ccccc2OC)cc1. The van der Waals surface area contributed by atoms with Gasteiger partial charge in [0.25, 0.3) is 5.91 Å².